The van der Waals surface area contributed by atoms with Gasteiger partial charge in [-0.3, -0.25) is 19.6 Å². The molecule has 0 saturated carbocycles. The van der Waals surface area contributed by atoms with Gasteiger partial charge in [0.1, 0.15) is 5.69 Å². The molecule has 0 heterocycles. The Morgan fingerprint density at radius 2 is 1.66 bits per heavy atom. The number of carbonyl (C=O) groups is 1. The number of phenolic OH excluding ortho intramolecular Hbond substituents is 1. The molecule has 0 aliphatic rings. The summed E-state index contributed by atoms with van der Waals surface area (Å²) in [4.78, 5) is 22.7. The number of nitrogens with one attached hydrogen (secondary N) is 1. The number of nitro groups is 1. The summed E-state index contributed by atoms with van der Waals surface area (Å²) in [6.45, 7) is 0. The first-order valence-electron chi connectivity index (χ1n) is 9.89. The number of hydrogen-bond donors (Lipinski definition) is 2. The smallest absolute Gasteiger partial charge is 0.295 e. The van der Waals surface area contributed by atoms with E-state index in [4.69, 9.17) is 11.6 Å². The third-order valence-electron chi connectivity index (χ3n) is 4.92. The second kappa shape index (κ2) is 9.49. The number of rotatable bonds is 6. The number of halogens is 1. The van der Waals surface area contributed by atoms with Gasteiger partial charge in [0.25, 0.3) is 21.6 Å². The van der Waals surface area contributed by atoms with E-state index in [2.05, 4.69) is 15.0 Å². The van der Waals surface area contributed by atoms with Crippen LogP contribution in [-0.4, -0.2) is 24.4 Å². The Bertz CT molecular complexity index is 1600. The van der Waals surface area contributed by atoms with Crippen molar-refractivity contribution < 1.29 is 23.2 Å². The van der Waals surface area contributed by atoms with Crippen molar-refractivity contribution in [2.24, 2.45) is 10.2 Å². The first kappa shape index (κ1) is 23.8. The molecule has 4 aromatic carbocycles. The van der Waals surface area contributed by atoms with Crippen molar-refractivity contribution in [3.05, 3.63) is 99.6 Å². The van der Waals surface area contributed by atoms with E-state index in [1.165, 1.54) is 48.5 Å². The molecule has 0 unspecified atom stereocenters. The minimum Gasteiger partial charge on any atom is -0.505 e. The maximum absolute atomic E-state index is 12.9. The molecule has 0 aliphatic carbocycles. The van der Waals surface area contributed by atoms with Gasteiger partial charge in [0.15, 0.2) is 5.75 Å². The van der Waals surface area contributed by atoms with Crippen LogP contribution < -0.4 is 4.72 Å². The van der Waals surface area contributed by atoms with E-state index in [0.29, 0.717) is 10.4 Å². The van der Waals surface area contributed by atoms with Gasteiger partial charge in [-0.1, -0.05) is 41.9 Å². The molecule has 0 fully saturated rings. The van der Waals surface area contributed by atoms with Crippen LogP contribution >= 0.6 is 11.6 Å². The van der Waals surface area contributed by atoms with Crippen LogP contribution in [0.3, 0.4) is 0 Å². The summed E-state index contributed by atoms with van der Waals surface area (Å²) in [5, 5.41) is 30.0. The highest BCUT2D eigenvalue weighted by atomic mass is 35.5. The summed E-state index contributed by atoms with van der Waals surface area (Å²) in [5.41, 5.74) is -0.466. The zero-order chi connectivity index (χ0) is 25.2. The average molecular weight is 511 g/mol. The topological polar surface area (TPSA) is 151 Å². The molecule has 0 aromatic heterocycles. The van der Waals surface area contributed by atoms with Gasteiger partial charge >= 0.3 is 0 Å². The maximum Gasteiger partial charge on any atom is 0.295 e. The number of benzene rings is 4. The Hall–Kier alpha value is -4.35. The quantitative estimate of drug-likeness (QED) is 0.144. The summed E-state index contributed by atoms with van der Waals surface area (Å²) in [7, 11) is -4.03. The minimum absolute atomic E-state index is 0.0388. The predicted molar refractivity (Wildman–Crippen MR) is 130 cm³/mol. The van der Waals surface area contributed by atoms with Crippen LogP contribution in [0.4, 0.5) is 17.1 Å². The molecule has 4 aromatic rings. The molecule has 176 valence electrons. The molecule has 0 radical (unpaired) electrons. The van der Waals surface area contributed by atoms with Gasteiger partial charge in [-0.05, 0) is 36.4 Å². The molecular weight excluding hydrogens is 496 g/mol. The third kappa shape index (κ3) is 5.10. The number of amides is 1. The van der Waals surface area contributed by atoms with Gasteiger partial charge < -0.3 is 5.11 Å². The largest absolute Gasteiger partial charge is 0.505 e. The summed E-state index contributed by atoms with van der Waals surface area (Å²) in [6.07, 6.45) is 0. The summed E-state index contributed by atoms with van der Waals surface area (Å²) in [5.74, 6) is -1.21. The molecular formula is C23H15ClN4O6S. The van der Waals surface area contributed by atoms with Crippen LogP contribution in [0.15, 0.2) is 94.0 Å². The Kier molecular flexibility index (Phi) is 6.45. The number of fused-ring (bicyclic) bond motifs is 1. The Morgan fingerprint density at radius 1 is 0.971 bits per heavy atom. The molecule has 2 N–H and O–H groups in total. The van der Waals surface area contributed by atoms with Gasteiger partial charge in [-0.15, -0.1) is 10.2 Å². The van der Waals surface area contributed by atoms with Crippen molar-refractivity contribution in [2.45, 2.75) is 4.90 Å². The highest BCUT2D eigenvalue weighted by Gasteiger charge is 2.19. The maximum atomic E-state index is 12.9. The highest BCUT2D eigenvalue weighted by molar-refractivity contribution is 7.92. The second-order valence-electron chi connectivity index (χ2n) is 7.21. The van der Waals surface area contributed by atoms with Crippen molar-refractivity contribution in [3.8, 4) is 5.75 Å². The fourth-order valence-corrected chi connectivity index (χ4v) is 4.43. The van der Waals surface area contributed by atoms with Crippen molar-refractivity contribution in [3.63, 3.8) is 0 Å². The van der Waals surface area contributed by atoms with E-state index in [1.807, 2.05) is 0 Å². The fraction of sp³-hybridized carbons (Fsp3) is 0. The molecule has 4 rings (SSSR count). The van der Waals surface area contributed by atoms with Gasteiger partial charge in [0, 0.05) is 27.9 Å². The SMILES string of the molecule is O=C(N=Nc1cc(NS(=O)(=O)c2ccc(Cl)cc2)c2ccccc2c1O)c1cccc([N+](=O)[O-])c1. The number of hydrogen-bond acceptors (Lipinski definition) is 7. The van der Waals surface area contributed by atoms with E-state index in [-0.39, 0.29) is 38.7 Å². The lowest BCUT2D eigenvalue weighted by Gasteiger charge is -2.13. The molecule has 35 heavy (non-hydrogen) atoms. The molecule has 10 nitrogen and oxygen atoms in total. The Labute approximate surface area is 203 Å². The Morgan fingerprint density at radius 3 is 2.34 bits per heavy atom. The number of azo groups is 1. The number of phenols is 1. The fourth-order valence-electron chi connectivity index (χ4n) is 3.23. The minimum atomic E-state index is -4.03. The normalized spacial score (nSPS) is 11.6. The molecule has 0 saturated heterocycles. The zero-order valence-corrected chi connectivity index (χ0v) is 19.2. The van der Waals surface area contributed by atoms with Crippen LogP contribution in [0.5, 0.6) is 5.75 Å². The van der Waals surface area contributed by atoms with E-state index >= 15 is 0 Å². The average Bonchev–Trinajstić information content (AvgIpc) is 2.85. The zero-order valence-electron chi connectivity index (χ0n) is 17.6. The van der Waals surface area contributed by atoms with Gasteiger partial charge in [-0.25, -0.2) is 8.42 Å². The highest BCUT2D eigenvalue weighted by Crippen LogP contribution is 2.40. The summed E-state index contributed by atoms with van der Waals surface area (Å²) < 4.78 is 28.3. The lowest BCUT2D eigenvalue weighted by molar-refractivity contribution is -0.384. The predicted octanol–water partition coefficient (Wildman–Crippen LogP) is 5.83. The van der Waals surface area contributed by atoms with Crippen molar-refractivity contribution >= 4 is 55.4 Å². The third-order valence-corrected chi connectivity index (χ3v) is 6.55. The number of non-ortho nitro benzene ring substituents is 1. The van der Waals surface area contributed by atoms with Crippen molar-refractivity contribution in [2.75, 3.05) is 4.72 Å². The van der Waals surface area contributed by atoms with E-state index in [1.54, 1.807) is 24.3 Å². The summed E-state index contributed by atoms with van der Waals surface area (Å²) in [6, 6.07) is 18.2. The number of sulfonamides is 1. The Balaban J connectivity index is 1.74. The number of aromatic hydroxyl groups is 1. The van der Waals surface area contributed by atoms with Crippen LogP contribution in [0.1, 0.15) is 10.4 Å². The standard InChI is InChI=1S/C23H15ClN4O6S/c24-15-8-10-17(11-9-15)35(33,34)27-20-13-21(22(29)19-7-2-1-6-18(19)20)25-26-23(30)14-4-3-5-16(12-14)28(31)32/h1-13,27,29H. The monoisotopic (exact) mass is 510 g/mol. The number of anilines is 1. The van der Waals surface area contributed by atoms with E-state index in [0.717, 1.165) is 6.07 Å². The van der Waals surface area contributed by atoms with E-state index in [9.17, 15) is 28.4 Å². The molecule has 0 bridgehead atoms. The first-order chi connectivity index (χ1) is 16.7. The second-order valence-corrected chi connectivity index (χ2v) is 9.33. The molecule has 0 aliphatic heterocycles. The van der Waals surface area contributed by atoms with Gasteiger partial charge in [0.2, 0.25) is 0 Å². The van der Waals surface area contributed by atoms with Crippen LogP contribution in [0.25, 0.3) is 10.8 Å². The van der Waals surface area contributed by atoms with E-state index < -0.39 is 20.9 Å². The van der Waals surface area contributed by atoms with Crippen LogP contribution in [0, 0.1) is 10.1 Å². The van der Waals surface area contributed by atoms with Gasteiger partial charge in [-0.2, -0.15) is 0 Å². The lowest BCUT2D eigenvalue weighted by Crippen LogP contribution is -2.13. The summed E-state index contributed by atoms with van der Waals surface area (Å²) >= 11 is 5.84. The van der Waals surface area contributed by atoms with Gasteiger partial charge in [0.05, 0.1) is 21.1 Å². The first-order valence-corrected chi connectivity index (χ1v) is 11.8. The molecule has 12 heteroatoms. The number of nitrogens with zero attached hydrogens (tertiary/aromatic N) is 3. The molecule has 0 atom stereocenters. The molecule has 1 amide bonds. The van der Waals surface area contributed by atoms with Crippen molar-refractivity contribution in [1.29, 1.82) is 0 Å². The molecule has 0 spiro atoms. The van der Waals surface area contributed by atoms with Crippen LogP contribution in [0.2, 0.25) is 5.02 Å². The lowest BCUT2D eigenvalue weighted by atomic mass is 10.1. The number of carbonyl (C=O) groups excluding carboxylic acids is 1. The number of nitro benzene ring substituents is 1. The van der Waals surface area contributed by atoms with Crippen LogP contribution in [-0.2, 0) is 10.0 Å². The van der Waals surface area contributed by atoms with Crippen molar-refractivity contribution in [1.82, 2.24) is 0 Å².